The third kappa shape index (κ3) is 5.35. The van der Waals surface area contributed by atoms with E-state index in [1.54, 1.807) is 12.3 Å². The molecule has 13 heteroatoms. The van der Waals surface area contributed by atoms with Crippen molar-refractivity contribution in [2.24, 2.45) is 7.05 Å². The molecule has 0 spiro atoms. The van der Waals surface area contributed by atoms with Gasteiger partial charge in [-0.15, -0.1) is 0 Å². The Hall–Kier alpha value is -3.58. The minimum atomic E-state index is -5.17. The van der Waals surface area contributed by atoms with Gasteiger partial charge in [-0.2, -0.15) is 4.31 Å². The van der Waals surface area contributed by atoms with E-state index in [1.807, 2.05) is 6.07 Å². The summed E-state index contributed by atoms with van der Waals surface area (Å²) in [6.45, 7) is 0.340. The Morgan fingerprint density at radius 1 is 1.00 bits per heavy atom. The highest BCUT2D eigenvalue weighted by Gasteiger charge is 2.47. The molecule has 3 heterocycles. The van der Waals surface area contributed by atoms with Gasteiger partial charge in [0.1, 0.15) is 6.04 Å². The van der Waals surface area contributed by atoms with Gasteiger partial charge in [0.15, 0.2) is 28.2 Å². The number of rotatable bonds is 7. The van der Waals surface area contributed by atoms with Gasteiger partial charge in [0, 0.05) is 37.6 Å². The van der Waals surface area contributed by atoms with Crippen LogP contribution in [0.2, 0.25) is 0 Å². The van der Waals surface area contributed by atoms with Gasteiger partial charge in [-0.1, -0.05) is 25.3 Å². The van der Waals surface area contributed by atoms with Gasteiger partial charge in [0.05, 0.1) is 17.9 Å². The first-order valence-corrected chi connectivity index (χ1v) is 15.1. The lowest BCUT2D eigenvalue weighted by molar-refractivity contribution is -0.125. The smallest absolute Gasteiger partial charge is 0.252 e. The van der Waals surface area contributed by atoms with Crippen LogP contribution in [0.25, 0.3) is 0 Å². The monoisotopic (exact) mass is 606 g/mol. The molecule has 2 fully saturated rings. The van der Waals surface area contributed by atoms with Crippen LogP contribution in [0.1, 0.15) is 61.3 Å². The number of hydrogen-bond donors (Lipinski definition) is 0. The lowest BCUT2D eigenvalue weighted by Crippen LogP contribution is -2.59. The number of carbonyl (C=O) groups is 1. The average Bonchev–Trinajstić information content (AvgIpc) is 2.95. The third-order valence-corrected chi connectivity index (χ3v) is 10.1. The van der Waals surface area contributed by atoms with Crippen molar-refractivity contribution in [2.45, 2.75) is 68.8 Å². The third-order valence-electron chi connectivity index (χ3n) is 8.17. The molecule has 8 nitrogen and oxygen atoms in total. The lowest BCUT2D eigenvalue weighted by atomic mass is 9.85. The van der Waals surface area contributed by atoms with Crippen LogP contribution in [-0.4, -0.2) is 40.8 Å². The highest BCUT2D eigenvalue weighted by atomic mass is 32.2. The lowest BCUT2D eigenvalue weighted by Gasteiger charge is -2.41. The fourth-order valence-corrected chi connectivity index (χ4v) is 7.26. The van der Waals surface area contributed by atoms with E-state index < -0.39 is 61.3 Å². The highest BCUT2D eigenvalue weighted by molar-refractivity contribution is 7.89. The highest BCUT2D eigenvalue weighted by Crippen LogP contribution is 2.35. The number of pyridine rings is 2. The number of benzene rings is 1. The fraction of sp³-hybridized carbons (Fsp3) is 0.414. The molecule has 1 amide bonds. The molecule has 1 aliphatic carbocycles. The van der Waals surface area contributed by atoms with Crippen LogP contribution in [0.3, 0.4) is 0 Å². The Kier molecular flexibility index (Phi) is 8.26. The van der Waals surface area contributed by atoms with Crippen molar-refractivity contribution in [3.05, 3.63) is 87.1 Å². The van der Waals surface area contributed by atoms with Crippen LogP contribution in [0.15, 0.2) is 46.3 Å². The number of nitrogens with zero attached hydrogens (tertiary/aromatic N) is 4. The largest absolute Gasteiger partial charge is 0.318 e. The number of sulfonamides is 1. The van der Waals surface area contributed by atoms with Crippen LogP contribution in [0.5, 0.6) is 0 Å². The van der Waals surface area contributed by atoms with Crippen molar-refractivity contribution < 1.29 is 30.8 Å². The minimum absolute atomic E-state index is 0.0203. The Bertz CT molecular complexity index is 1660. The van der Waals surface area contributed by atoms with E-state index >= 15 is 0 Å². The van der Waals surface area contributed by atoms with Crippen LogP contribution in [0.4, 0.5) is 23.2 Å². The molecule has 2 aliphatic rings. The maximum Gasteiger partial charge on any atom is 0.252 e. The molecule has 1 saturated heterocycles. The van der Waals surface area contributed by atoms with E-state index in [4.69, 9.17) is 0 Å². The predicted octanol–water partition coefficient (Wildman–Crippen LogP) is 4.69. The molecular formula is C29H30F4N4O4S. The van der Waals surface area contributed by atoms with Crippen LogP contribution in [0, 0.1) is 30.2 Å². The Morgan fingerprint density at radius 3 is 2.21 bits per heavy atom. The molecule has 0 N–H and O–H groups in total. The fourth-order valence-electron chi connectivity index (χ4n) is 5.51. The van der Waals surface area contributed by atoms with Gasteiger partial charge in [-0.3, -0.25) is 14.6 Å². The predicted molar refractivity (Wildman–Crippen MR) is 146 cm³/mol. The first-order valence-electron chi connectivity index (χ1n) is 13.7. The summed E-state index contributed by atoms with van der Waals surface area (Å²) in [5, 5.41) is 0. The molecule has 1 saturated carbocycles. The number of anilines is 1. The van der Waals surface area contributed by atoms with Crippen molar-refractivity contribution in [3.8, 4) is 0 Å². The number of carbonyl (C=O) groups excluding carboxylic acids is 1. The maximum absolute atomic E-state index is 14.7. The van der Waals surface area contributed by atoms with Gasteiger partial charge < -0.3 is 9.47 Å². The van der Waals surface area contributed by atoms with Crippen molar-refractivity contribution in [2.75, 3.05) is 11.4 Å². The van der Waals surface area contributed by atoms with E-state index in [9.17, 15) is 35.6 Å². The molecule has 0 radical (unpaired) electrons. The molecule has 1 aliphatic heterocycles. The average molecular weight is 607 g/mol. The second-order valence-corrected chi connectivity index (χ2v) is 12.6. The number of hydrogen-bond acceptors (Lipinski definition) is 5. The molecule has 1 aromatic carbocycles. The summed E-state index contributed by atoms with van der Waals surface area (Å²) >= 11 is 0. The number of aryl methyl sites for hydroxylation is 1. The Balaban J connectivity index is 1.47. The summed E-state index contributed by atoms with van der Waals surface area (Å²) < 4.78 is 86.2. The topological polar surface area (TPSA) is 92.6 Å². The second kappa shape index (κ2) is 11.6. The maximum atomic E-state index is 14.7. The zero-order chi connectivity index (χ0) is 30.3. The normalized spacial score (nSPS) is 18.1. The van der Waals surface area contributed by atoms with Gasteiger partial charge in [-0.05, 0) is 49.8 Å². The zero-order valence-electron chi connectivity index (χ0n) is 23.1. The molecule has 42 heavy (non-hydrogen) atoms. The van der Waals surface area contributed by atoms with E-state index in [-0.39, 0.29) is 25.2 Å². The van der Waals surface area contributed by atoms with Gasteiger partial charge >= 0.3 is 0 Å². The molecule has 2 aromatic heterocycles. The standard InChI is InChI=1S/C29H30F4N4O4S/c1-17-24(30)26(32)28(27(33)25(17)31)42(40,41)37-13-11-22(37)29(39)36(21-10-12-35(2)23(38)14-21)16-20-9-8-19(15-34-20)18-6-4-3-5-7-18/h8-10,12,14-15,18,22H,3-7,11,13,16H2,1-2H3/t22-/m1/s1. The molecule has 224 valence electrons. The molecule has 5 rings (SSSR count). The van der Waals surface area contributed by atoms with E-state index in [0.29, 0.717) is 15.9 Å². The van der Waals surface area contributed by atoms with E-state index in [2.05, 4.69) is 4.98 Å². The number of amides is 1. The Labute approximate surface area is 240 Å². The Morgan fingerprint density at radius 2 is 1.67 bits per heavy atom. The molecule has 3 aromatic rings. The van der Waals surface area contributed by atoms with Gasteiger partial charge in [0.25, 0.3) is 5.56 Å². The van der Waals surface area contributed by atoms with Crippen molar-refractivity contribution in [1.82, 2.24) is 13.9 Å². The SMILES string of the molecule is Cc1c(F)c(F)c(S(=O)(=O)N2CC[C@@H]2C(=O)N(Cc2ccc(C3CCCCC3)cn2)c2ccn(C)c(=O)c2)c(F)c1F. The summed E-state index contributed by atoms with van der Waals surface area (Å²) in [6, 6.07) is 4.97. The molecule has 1 atom stereocenters. The molecule has 0 unspecified atom stereocenters. The van der Waals surface area contributed by atoms with Crippen LogP contribution in [-0.2, 0) is 28.4 Å². The van der Waals surface area contributed by atoms with Gasteiger partial charge in [-0.25, -0.2) is 26.0 Å². The second-order valence-electron chi connectivity index (χ2n) is 10.8. The van der Waals surface area contributed by atoms with Crippen molar-refractivity contribution >= 4 is 21.6 Å². The first-order chi connectivity index (χ1) is 19.9. The summed E-state index contributed by atoms with van der Waals surface area (Å²) in [6.07, 6.45) is 8.81. The molecule has 0 bridgehead atoms. The van der Waals surface area contributed by atoms with Crippen molar-refractivity contribution in [1.29, 1.82) is 0 Å². The van der Waals surface area contributed by atoms with Crippen LogP contribution < -0.4 is 10.5 Å². The number of halogens is 4. The van der Waals surface area contributed by atoms with E-state index in [1.165, 1.54) is 41.3 Å². The quantitative estimate of drug-likeness (QED) is 0.288. The number of aromatic nitrogens is 2. The minimum Gasteiger partial charge on any atom is -0.318 e. The summed E-state index contributed by atoms with van der Waals surface area (Å²) in [5.74, 6) is -8.17. The first kappa shape index (κ1) is 29.9. The molecular weight excluding hydrogens is 576 g/mol. The zero-order valence-corrected chi connectivity index (χ0v) is 23.9. The van der Waals surface area contributed by atoms with Gasteiger partial charge in [0.2, 0.25) is 15.9 Å². The van der Waals surface area contributed by atoms with Crippen molar-refractivity contribution in [3.63, 3.8) is 0 Å². The van der Waals surface area contributed by atoms with Crippen LogP contribution >= 0.6 is 0 Å². The summed E-state index contributed by atoms with van der Waals surface area (Å²) in [7, 11) is -3.65. The summed E-state index contributed by atoms with van der Waals surface area (Å²) in [5.41, 5.74) is 0.285. The van der Waals surface area contributed by atoms with E-state index in [0.717, 1.165) is 38.2 Å². The summed E-state index contributed by atoms with van der Waals surface area (Å²) in [4.78, 5) is 30.2.